The Kier molecular flexibility index (Phi) is 24.9. The molecule has 0 aliphatic rings. The van der Waals surface area contributed by atoms with Gasteiger partial charge in [0.25, 0.3) is 0 Å². The molecule has 0 aliphatic heterocycles. The molecule has 6 heavy (non-hydrogen) atoms. The molecular weight excluding hydrogens is 548 g/mol. The first-order valence-electron chi connectivity index (χ1n) is 0.651. The van der Waals surface area contributed by atoms with Crippen LogP contribution in [-0.4, -0.2) is 16.4 Å². The quantitative estimate of drug-likeness (QED) is 0.455. The molecule has 0 spiro atoms. The molecule has 0 fully saturated rings. The van der Waals surface area contributed by atoms with Crippen LogP contribution in [-0.2, 0) is 0 Å². The Morgan fingerprint density at radius 1 is 1.17 bits per heavy atom. The Labute approximate surface area is 78.6 Å². The van der Waals surface area contributed by atoms with E-state index >= 15 is 0 Å². The average Bonchev–Trinajstić information content (AvgIpc) is 0.811. The van der Waals surface area contributed by atoms with E-state index in [4.69, 9.17) is 15.0 Å². The molecule has 3 nitrogen and oxygen atoms in total. The fourth-order valence-electron chi connectivity index (χ4n) is 0. The SMILES string of the molecule is O=C(O)O.[Pu].[Pu]. The number of carbonyl (C=O) groups is 1. The van der Waals surface area contributed by atoms with Crippen LogP contribution in [0.25, 0.3) is 0 Å². The molecule has 36 valence electrons. The zero-order valence-corrected chi connectivity index (χ0v) is 9.42. The summed E-state index contributed by atoms with van der Waals surface area (Å²) in [6, 6.07) is 0. The van der Waals surface area contributed by atoms with E-state index in [2.05, 4.69) is 0 Å². The van der Waals surface area contributed by atoms with Gasteiger partial charge in [-0.3, -0.25) is 0 Å². The van der Waals surface area contributed by atoms with Crippen molar-refractivity contribution in [2.45, 2.75) is 0 Å². The van der Waals surface area contributed by atoms with Crippen LogP contribution in [0.15, 0.2) is 0 Å². The van der Waals surface area contributed by atoms with Gasteiger partial charge in [-0.1, -0.05) is 0 Å². The van der Waals surface area contributed by atoms with Crippen LogP contribution < -0.4 is 0 Å². The van der Waals surface area contributed by atoms with Crippen LogP contribution in [0.4, 0.5) is 4.79 Å². The summed E-state index contributed by atoms with van der Waals surface area (Å²) < 4.78 is 0. The van der Waals surface area contributed by atoms with E-state index in [9.17, 15) is 0 Å². The normalized spacial score (nSPS) is 4.00. The van der Waals surface area contributed by atoms with Crippen molar-refractivity contribution in [3.8, 4) is 0 Å². The van der Waals surface area contributed by atoms with Crippen LogP contribution in [0.2, 0.25) is 0 Å². The van der Waals surface area contributed by atoms with Crippen LogP contribution in [0.3, 0.4) is 0 Å². The Morgan fingerprint density at radius 2 is 1.17 bits per heavy atom. The van der Waals surface area contributed by atoms with Gasteiger partial charge in [0.05, 0.1) is 0 Å². The zero-order valence-electron chi connectivity index (χ0n) is 2.62. The zero-order chi connectivity index (χ0) is 3.58. The van der Waals surface area contributed by atoms with Crippen molar-refractivity contribution in [1.82, 2.24) is 0 Å². The van der Waals surface area contributed by atoms with Crippen molar-refractivity contribution >= 4 is 6.16 Å². The summed E-state index contributed by atoms with van der Waals surface area (Å²) in [6.45, 7) is 0. The molecule has 0 atom stereocenters. The van der Waals surface area contributed by atoms with Gasteiger partial charge in [0, 0.05) is 58.3 Å². The van der Waals surface area contributed by atoms with E-state index in [1.54, 1.807) is 0 Å². The summed E-state index contributed by atoms with van der Waals surface area (Å²) in [5, 5.41) is 13.9. The van der Waals surface area contributed by atoms with Gasteiger partial charge < -0.3 is 10.2 Å². The summed E-state index contributed by atoms with van der Waals surface area (Å²) in [5.74, 6) is 0. The second kappa shape index (κ2) is 9.53. The maximum atomic E-state index is 8.56. The van der Waals surface area contributed by atoms with E-state index in [1.165, 1.54) is 0 Å². The van der Waals surface area contributed by atoms with Crippen molar-refractivity contribution in [3.63, 3.8) is 0 Å². The van der Waals surface area contributed by atoms with Crippen molar-refractivity contribution in [2.75, 3.05) is 0 Å². The molecule has 0 radical (unpaired) electrons. The molecule has 0 rings (SSSR count). The van der Waals surface area contributed by atoms with Gasteiger partial charge in [0.2, 0.25) is 0 Å². The molecule has 0 bridgehead atoms. The second-order valence-electron chi connectivity index (χ2n) is 0.283. The van der Waals surface area contributed by atoms with Crippen LogP contribution >= 0.6 is 0 Å². The summed E-state index contributed by atoms with van der Waals surface area (Å²) in [5.41, 5.74) is 0. The van der Waals surface area contributed by atoms with Gasteiger partial charge in [-0.15, -0.1) is 0 Å². The third-order valence-electron chi connectivity index (χ3n) is 0. The van der Waals surface area contributed by atoms with E-state index < -0.39 is 6.16 Å². The first-order chi connectivity index (χ1) is 1.73. The minimum absolute atomic E-state index is 0. The molecule has 0 aromatic carbocycles. The Bertz CT molecular complexity index is 31.8. The molecule has 2 N–H and O–H groups in total. The smallest absolute Gasteiger partial charge is 0.450 e. The summed E-state index contributed by atoms with van der Waals surface area (Å²) in [7, 11) is 0. The fourth-order valence-corrected chi connectivity index (χ4v) is 0. The van der Waals surface area contributed by atoms with Crippen molar-refractivity contribution in [3.05, 3.63) is 0 Å². The predicted molar refractivity (Wildman–Crippen MR) is 10.7 cm³/mol. The first kappa shape index (κ1) is 15.7. The summed E-state index contributed by atoms with van der Waals surface area (Å²) in [6.07, 6.45) is -1.83. The van der Waals surface area contributed by atoms with E-state index in [0.29, 0.717) is 0 Å². The Morgan fingerprint density at radius 3 is 1.17 bits per heavy atom. The standard InChI is InChI=1S/CH2O3.2Pu/c2-1(3)4;;/h(H2,2,3,4);;. The van der Waals surface area contributed by atoms with E-state index in [-0.39, 0.29) is 58.3 Å². The molecule has 0 unspecified atom stereocenters. The number of rotatable bonds is 0. The monoisotopic (exact) mass is 538 g/mol. The maximum absolute atomic E-state index is 8.56. The van der Waals surface area contributed by atoms with Crippen LogP contribution in [0.1, 0.15) is 0 Å². The second-order valence-corrected chi connectivity index (χ2v) is 0.283. The van der Waals surface area contributed by atoms with Crippen molar-refractivity contribution < 1.29 is 73.4 Å². The molecule has 0 aliphatic carbocycles. The fraction of sp³-hybridized carbons (Fsp3) is 0. The minimum Gasteiger partial charge on any atom is -0.450 e. The average molecular weight is 550 g/mol. The molecule has 0 saturated heterocycles. The van der Waals surface area contributed by atoms with Gasteiger partial charge in [-0.25, -0.2) is 4.79 Å². The number of hydrogen-bond acceptors (Lipinski definition) is 1. The maximum Gasteiger partial charge on any atom is 0.503 e. The van der Waals surface area contributed by atoms with Crippen LogP contribution in [0, 0.1) is 58.3 Å². The molecule has 0 aromatic heterocycles. The molecular formula is CH2O3Pu2. The largest absolute Gasteiger partial charge is 0.503 e. The van der Waals surface area contributed by atoms with Crippen LogP contribution in [0.5, 0.6) is 0 Å². The number of hydrogen-bond donors (Lipinski definition) is 2. The third-order valence-corrected chi connectivity index (χ3v) is 0. The Balaban J connectivity index is -0.0000000450. The van der Waals surface area contributed by atoms with Crippen molar-refractivity contribution in [1.29, 1.82) is 0 Å². The summed E-state index contributed by atoms with van der Waals surface area (Å²) >= 11 is 0. The third kappa shape index (κ3) is 61.0. The first-order valence-corrected chi connectivity index (χ1v) is 0.651. The number of carboxylic acid groups (broad SMARTS) is 2. The topological polar surface area (TPSA) is 57.5 Å². The summed E-state index contributed by atoms with van der Waals surface area (Å²) in [4.78, 5) is 8.56. The van der Waals surface area contributed by atoms with Crippen molar-refractivity contribution in [2.24, 2.45) is 0 Å². The minimum atomic E-state index is -1.83. The van der Waals surface area contributed by atoms with E-state index in [1.807, 2.05) is 0 Å². The van der Waals surface area contributed by atoms with Gasteiger partial charge in [-0.2, -0.15) is 0 Å². The van der Waals surface area contributed by atoms with Gasteiger partial charge in [-0.05, 0) is 0 Å². The molecule has 0 amide bonds. The molecule has 0 heterocycles. The molecule has 5 heteroatoms. The van der Waals surface area contributed by atoms with Gasteiger partial charge in [0.15, 0.2) is 0 Å². The Hall–Kier alpha value is 1.24. The molecule has 0 aromatic rings. The predicted octanol–water partition coefficient (Wildman–Crippen LogP) is 0.222. The van der Waals surface area contributed by atoms with Gasteiger partial charge in [0.1, 0.15) is 0 Å². The molecule has 0 saturated carbocycles. The van der Waals surface area contributed by atoms with E-state index in [0.717, 1.165) is 0 Å². The van der Waals surface area contributed by atoms with Gasteiger partial charge >= 0.3 is 6.16 Å².